The molecular weight excluding hydrogens is 733 g/mol. The molecule has 58 heavy (non-hydrogen) atoms. The molecular formula is C49H68O9. The van der Waals surface area contributed by atoms with E-state index < -0.39 is 11.9 Å². The van der Waals surface area contributed by atoms with Gasteiger partial charge >= 0.3 is 17.9 Å². The van der Waals surface area contributed by atoms with E-state index in [4.69, 9.17) is 28.4 Å². The largest absolute Gasteiger partial charge is 0.494 e. The molecule has 0 aromatic heterocycles. The third kappa shape index (κ3) is 21.2. The molecule has 3 rings (SSSR count). The number of hydrogen-bond acceptors (Lipinski definition) is 9. The minimum Gasteiger partial charge on any atom is -0.494 e. The van der Waals surface area contributed by atoms with Gasteiger partial charge in [0, 0.05) is 19.8 Å². The van der Waals surface area contributed by atoms with Crippen LogP contribution in [0.1, 0.15) is 155 Å². The lowest BCUT2D eigenvalue weighted by Crippen LogP contribution is -2.10. The quantitative estimate of drug-likeness (QED) is 0.0257. The van der Waals surface area contributed by atoms with Gasteiger partial charge in [-0.2, -0.15) is 0 Å². The molecule has 0 aliphatic carbocycles. The predicted molar refractivity (Wildman–Crippen MR) is 230 cm³/mol. The Morgan fingerprint density at radius 3 is 1.28 bits per heavy atom. The zero-order valence-corrected chi connectivity index (χ0v) is 35.3. The summed E-state index contributed by atoms with van der Waals surface area (Å²) in [5.74, 6) is 0.893. The Morgan fingerprint density at radius 2 is 0.862 bits per heavy atom. The van der Waals surface area contributed by atoms with Gasteiger partial charge in [-0.3, -0.25) is 0 Å². The van der Waals surface area contributed by atoms with Crippen LogP contribution < -0.4 is 18.9 Å². The van der Waals surface area contributed by atoms with E-state index in [1.165, 1.54) is 96.0 Å². The van der Waals surface area contributed by atoms with Crippen molar-refractivity contribution < 1.29 is 42.8 Å². The molecule has 0 bridgehead atoms. The standard InChI is InChI=1S/C49H68O9/c1-4-47(50)56-38-24-20-16-12-8-7-11-15-19-22-36-54-43-29-25-41(26-30-43)48(51)57-45-33-34-46(40(2)39-45)58-49(52)42-27-31-44(32-28-42)55-37-23-18-14-10-6-5-9-13-17-21-35-53-3/h4,25-34,39H,1,5-24,35-38H2,2-3H3. The fraction of sp³-hybridized carbons (Fsp3) is 0.531. The van der Waals surface area contributed by atoms with Crippen LogP contribution in [0, 0.1) is 6.92 Å². The maximum absolute atomic E-state index is 12.9. The van der Waals surface area contributed by atoms with Crippen molar-refractivity contribution in [3.63, 3.8) is 0 Å². The Hall–Kier alpha value is -4.63. The molecule has 0 heterocycles. The molecule has 0 spiro atoms. The molecule has 0 saturated heterocycles. The van der Waals surface area contributed by atoms with Gasteiger partial charge in [0.15, 0.2) is 0 Å². The maximum atomic E-state index is 12.9. The summed E-state index contributed by atoms with van der Waals surface area (Å²) in [6, 6.07) is 18.9. The van der Waals surface area contributed by atoms with Crippen LogP contribution in [-0.4, -0.2) is 51.4 Å². The molecule has 3 aromatic rings. The highest BCUT2D eigenvalue weighted by molar-refractivity contribution is 5.92. The van der Waals surface area contributed by atoms with Crippen LogP contribution in [0.3, 0.4) is 0 Å². The van der Waals surface area contributed by atoms with Crippen molar-refractivity contribution in [2.24, 2.45) is 0 Å². The third-order valence-electron chi connectivity index (χ3n) is 9.97. The molecule has 9 nitrogen and oxygen atoms in total. The van der Waals surface area contributed by atoms with Gasteiger partial charge in [0.25, 0.3) is 0 Å². The van der Waals surface area contributed by atoms with Gasteiger partial charge in [-0.05, 0) is 105 Å². The van der Waals surface area contributed by atoms with Gasteiger partial charge in [0.2, 0.25) is 0 Å². The number of ether oxygens (including phenoxy) is 6. The summed E-state index contributed by atoms with van der Waals surface area (Å²) < 4.78 is 33.1. The number of esters is 3. The first-order valence-electron chi connectivity index (χ1n) is 21.7. The Kier molecular flexibility index (Phi) is 25.1. The number of carbonyl (C=O) groups excluding carboxylic acids is 3. The molecule has 3 aromatic carbocycles. The van der Waals surface area contributed by atoms with E-state index >= 15 is 0 Å². The number of carbonyl (C=O) groups is 3. The molecule has 0 atom stereocenters. The molecule has 318 valence electrons. The van der Waals surface area contributed by atoms with Crippen molar-refractivity contribution in [1.82, 2.24) is 0 Å². The summed E-state index contributed by atoms with van der Waals surface area (Å²) in [6.07, 6.45) is 25.0. The molecule has 0 fully saturated rings. The van der Waals surface area contributed by atoms with Crippen LogP contribution in [-0.2, 0) is 14.3 Å². The Labute approximate surface area is 347 Å². The summed E-state index contributed by atoms with van der Waals surface area (Å²) in [6.45, 7) is 7.84. The van der Waals surface area contributed by atoms with Gasteiger partial charge in [-0.25, -0.2) is 14.4 Å². The van der Waals surface area contributed by atoms with Crippen molar-refractivity contribution in [1.29, 1.82) is 0 Å². The lowest BCUT2D eigenvalue weighted by Gasteiger charge is -2.11. The van der Waals surface area contributed by atoms with E-state index in [1.54, 1.807) is 80.8 Å². The second-order valence-electron chi connectivity index (χ2n) is 14.9. The Balaban J connectivity index is 1.24. The van der Waals surface area contributed by atoms with Crippen LogP contribution in [0.2, 0.25) is 0 Å². The average Bonchev–Trinajstić information content (AvgIpc) is 3.23. The van der Waals surface area contributed by atoms with Crippen LogP contribution >= 0.6 is 0 Å². The lowest BCUT2D eigenvalue weighted by atomic mass is 10.1. The number of hydrogen-bond donors (Lipinski definition) is 0. The topological polar surface area (TPSA) is 107 Å². The number of benzene rings is 3. The van der Waals surface area contributed by atoms with E-state index in [1.807, 2.05) is 0 Å². The van der Waals surface area contributed by atoms with E-state index in [-0.39, 0.29) is 5.97 Å². The first-order chi connectivity index (χ1) is 28.4. The van der Waals surface area contributed by atoms with Gasteiger partial charge in [0.05, 0.1) is 30.9 Å². The summed E-state index contributed by atoms with van der Waals surface area (Å²) in [5, 5.41) is 0. The highest BCUT2D eigenvalue weighted by atomic mass is 16.5. The first kappa shape index (κ1) is 47.7. The second kappa shape index (κ2) is 30.4. The van der Waals surface area contributed by atoms with Crippen molar-refractivity contribution in [3.8, 4) is 23.0 Å². The average molecular weight is 801 g/mol. The predicted octanol–water partition coefficient (Wildman–Crippen LogP) is 12.4. The van der Waals surface area contributed by atoms with E-state index in [0.29, 0.717) is 53.8 Å². The van der Waals surface area contributed by atoms with E-state index in [9.17, 15) is 14.4 Å². The summed E-state index contributed by atoms with van der Waals surface area (Å²) in [5.41, 5.74) is 1.50. The molecule has 0 unspecified atom stereocenters. The summed E-state index contributed by atoms with van der Waals surface area (Å²) in [4.78, 5) is 36.7. The highest BCUT2D eigenvalue weighted by Gasteiger charge is 2.14. The number of aryl methyl sites for hydroxylation is 1. The lowest BCUT2D eigenvalue weighted by molar-refractivity contribution is -0.137. The van der Waals surface area contributed by atoms with Crippen molar-refractivity contribution >= 4 is 17.9 Å². The Bertz CT molecular complexity index is 1580. The van der Waals surface area contributed by atoms with Crippen LogP contribution in [0.25, 0.3) is 0 Å². The van der Waals surface area contributed by atoms with Gasteiger partial charge < -0.3 is 28.4 Å². The summed E-state index contributed by atoms with van der Waals surface area (Å²) in [7, 11) is 1.76. The van der Waals surface area contributed by atoms with Gasteiger partial charge in [-0.15, -0.1) is 0 Å². The van der Waals surface area contributed by atoms with Crippen LogP contribution in [0.5, 0.6) is 23.0 Å². The normalized spacial score (nSPS) is 10.9. The second-order valence-corrected chi connectivity index (χ2v) is 14.9. The number of unbranched alkanes of at least 4 members (excludes halogenated alkanes) is 18. The number of rotatable bonds is 33. The van der Waals surface area contributed by atoms with Crippen molar-refractivity contribution in [2.45, 2.75) is 135 Å². The molecule has 0 radical (unpaired) electrons. The van der Waals surface area contributed by atoms with Crippen molar-refractivity contribution in [3.05, 3.63) is 96.1 Å². The molecule has 0 N–H and O–H groups in total. The van der Waals surface area contributed by atoms with Crippen LogP contribution in [0.4, 0.5) is 0 Å². The van der Waals surface area contributed by atoms with Crippen molar-refractivity contribution in [2.75, 3.05) is 33.5 Å². The minimum atomic E-state index is -0.484. The zero-order valence-electron chi connectivity index (χ0n) is 35.3. The van der Waals surface area contributed by atoms with Crippen LogP contribution in [0.15, 0.2) is 79.4 Å². The SMILES string of the molecule is C=CC(=O)OCCCCCCCCCCCCOc1ccc(C(=O)Oc2ccc(OC(=O)c3ccc(OCCCCCCCCCCCCOC)cc3)c(C)c2)cc1. The Morgan fingerprint density at radius 1 is 0.483 bits per heavy atom. The minimum absolute atomic E-state index is 0.346. The molecule has 0 aliphatic heterocycles. The van der Waals surface area contributed by atoms with Gasteiger partial charge in [-0.1, -0.05) is 109 Å². The smallest absolute Gasteiger partial charge is 0.343 e. The number of methoxy groups -OCH3 is 1. The monoisotopic (exact) mass is 800 g/mol. The third-order valence-corrected chi connectivity index (χ3v) is 9.97. The molecule has 0 aliphatic rings. The molecule has 0 amide bonds. The fourth-order valence-electron chi connectivity index (χ4n) is 6.49. The molecule has 0 saturated carbocycles. The first-order valence-corrected chi connectivity index (χ1v) is 21.7. The fourth-order valence-corrected chi connectivity index (χ4v) is 6.49. The van der Waals surface area contributed by atoms with Gasteiger partial charge in [0.1, 0.15) is 23.0 Å². The summed E-state index contributed by atoms with van der Waals surface area (Å²) >= 11 is 0. The zero-order chi connectivity index (χ0) is 41.5. The maximum Gasteiger partial charge on any atom is 0.343 e. The molecule has 9 heteroatoms. The van der Waals surface area contributed by atoms with E-state index in [2.05, 4.69) is 6.58 Å². The highest BCUT2D eigenvalue weighted by Crippen LogP contribution is 2.26. The van der Waals surface area contributed by atoms with E-state index in [0.717, 1.165) is 50.9 Å².